The molecule has 136 valence electrons. The Balaban J connectivity index is 1.30. The fraction of sp³-hybridized carbons (Fsp3) is 0.579. The van der Waals surface area contributed by atoms with Crippen LogP contribution >= 0.6 is 0 Å². The van der Waals surface area contributed by atoms with Gasteiger partial charge in [-0.1, -0.05) is 0 Å². The minimum absolute atomic E-state index is 0.438. The summed E-state index contributed by atoms with van der Waals surface area (Å²) in [7, 11) is 2.09. The summed E-state index contributed by atoms with van der Waals surface area (Å²) in [4.78, 5) is 2.56. The van der Waals surface area contributed by atoms with Crippen LogP contribution in [0.4, 0.5) is 0 Å². The highest BCUT2D eigenvalue weighted by molar-refractivity contribution is 5.36. The van der Waals surface area contributed by atoms with E-state index in [2.05, 4.69) is 31.9 Å². The summed E-state index contributed by atoms with van der Waals surface area (Å²) in [5.41, 5.74) is 6.10. The predicted molar refractivity (Wildman–Crippen MR) is 98.0 cm³/mol. The fourth-order valence-corrected chi connectivity index (χ4v) is 4.50. The van der Waals surface area contributed by atoms with Crippen LogP contribution in [0.1, 0.15) is 53.7 Å². The second kappa shape index (κ2) is 6.16. The molecule has 26 heavy (non-hydrogen) atoms. The van der Waals surface area contributed by atoms with Crippen molar-refractivity contribution in [3.05, 3.63) is 40.6 Å². The van der Waals surface area contributed by atoms with Crippen molar-refractivity contribution < 1.29 is 0 Å². The molecule has 3 aromatic rings. The number of hydrogen-bond donors (Lipinski definition) is 0. The standard InChI is InChI=1S/C19H25N7/c1-13-6-7-18-20-21-19(26(18)22-13)14-8-10-25(11-9-14)12-17-15-4-3-5-16(15)23-24(17)2/h6-7,14H,3-5,8-12H2,1-2H3. The van der Waals surface area contributed by atoms with Crippen LogP contribution < -0.4 is 0 Å². The van der Waals surface area contributed by atoms with Crippen molar-refractivity contribution in [3.63, 3.8) is 0 Å². The summed E-state index contributed by atoms with van der Waals surface area (Å²) in [6, 6.07) is 3.99. The molecule has 4 heterocycles. The summed E-state index contributed by atoms with van der Waals surface area (Å²) in [6.07, 6.45) is 5.83. The van der Waals surface area contributed by atoms with Gasteiger partial charge in [-0.15, -0.1) is 10.2 Å². The first-order valence-electron chi connectivity index (χ1n) is 9.64. The van der Waals surface area contributed by atoms with Gasteiger partial charge in [0, 0.05) is 19.5 Å². The monoisotopic (exact) mass is 351 g/mol. The highest BCUT2D eigenvalue weighted by Gasteiger charge is 2.27. The lowest BCUT2D eigenvalue weighted by Gasteiger charge is -2.31. The van der Waals surface area contributed by atoms with Gasteiger partial charge in [-0.2, -0.15) is 14.7 Å². The van der Waals surface area contributed by atoms with E-state index in [0.717, 1.165) is 56.1 Å². The highest BCUT2D eigenvalue weighted by Crippen LogP contribution is 2.30. The number of likely N-dealkylation sites (tertiary alicyclic amines) is 1. The zero-order valence-corrected chi connectivity index (χ0v) is 15.5. The molecule has 0 aromatic carbocycles. The first-order chi connectivity index (χ1) is 12.7. The maximum Gasteiger partial charge on any atom is 0.177 e. The Kier molecular flexibility index (Phi) is 3.77. The van der Waals surface area contributed by atoms with Gasteiger partial charge >= 0.3 is 0 Å². The molecule has 0 radical (unpaired) electrons. The Hall–Kier alpha value is -2.28. The molecule has 1 saturated heterocycles. The highest BCUT2D eigenvalue weighted by atomic mass is 15.4. The molecule has 0 bridgehead atoms. The third-order valence-electron chi connectivity index (χ3n) is 5.94. The molecule has 0 spiro atoms. The van der Waals surface area contributed by atoms with Gasteiger partial charge in [-0.3, -0.25) is 9.58 Å². The summed E-state index contributed by atoms with van der Waals surface area (Å²) < 4.78 is 4.04. The van der Waals surface area contributed by atoms with E-state index in [4.69, 9.17) is 5.10 Å². The van der Waals surface area contributed by atoms with Crippen LogP contribution in [0.15, 0.2) is 12.1 Å². The van der Waals surface area contributed by atoms with E-state index < -0.39 is 0 Å². The smallest absolute Gasteiger partial charge is 0.177 e. The Labute approximate surface area is 153 Å². The first kappa shape index (κ1) is 15.9. The van der Waals surface area contributed by atoms with Crippen molar-refractivity contribution in [1.82, 2.24) is 34.5 Å². The van der Waals surface area contributed by atoms with Crippen molar-refractivity contribution in [1.29, 1.82) is 0 Å². The fourth-order valence-electron chi connectivity index (χ4n) is 4.50. The van der Waals surface area contributed by atoms with E-state index in [1.807, 2.05) is 23.6 Å². The average Bonchev–Trinajstić information content (AvgIpc) is 3.32. The number of hydrogen-bond acceptors (Lipinski definition) is 5. The molecule has 1 fully saturated rings. The molecular weight excluding hydrogens is 326 g/mol. The third-order valence-corrected chi connectivity index (χ3v) is 5.94. The molecule has 2 aliphatic rings. The molecule has 0 unspecified atom stereocenters. The third kappa shape index (κ3) is 2.61. The number of rotatable bonds is 3. The van der Waals surface area contributed by atoms with Crippen LogP contribution in [0.25, 0.3) is 5.65 Å². The predicted octanol–water partition coefficient (Wildman–Crippen LogP) is 2.03. The molecule has 1 aliphatic heterocycles. The molecule has 0 atom stereocenters. The lowest BCUT2D eigenvalue weighted by molar-refractivity contribution is 0.196. The van der Waals surface area contributed by atoms with Gasteiger partial charge in [-0.25, -0.2) is 0 Å². The van der Waals surface area contributed by atoms with E-state index in [1.54, 1.807) is 0 Å². The van der Waals surface area contributed by atoms with Crippen molar-refractivity contribution in [2.24, 2.45) is 7.05 Å². The Morgan fingerprint density at radius 1 is 1.08 bits per heavy atom. The van der Waals surface area contributed by atoms with Crippen molar-refractivity contribution in [2.45, 2.75) is 51.5 Å². The summed E-state index contributed by atoms with van der Waals surface area (Å²) in [5, 5.41) is 18.1. The molecule has 7 heteroatoms. The minimum Gasteiger partial charge on any atom is -0.297 e. The SMILES string of the molecule is Cc1ccc2nnc(C3CCN(Cc4c5c(nn4C)CCC5)CC3)n2n1. The quantitative estimate of drug-likeness (QED) is 0.722. The normalized spacial score (nSPS) is 18.7. The van der Waals surface area contributed by atoms with E-state index in [0.29, 0.717) is 5.92 Å². The topological polar surface area (TPSA) is 64.1 Å². The van der Waals surface area contributed by atoms with E-state index in [1.165, 1.54) is 29.8 Å². The molecule has 0 saturated carbocycles. The molecule has 0 N–H and O–H groups in total. The first-order valence-corrected chi connectivity index (χ1v) is 9.64. The molecule has 1 aliphatic carbocycles. The van der Waals surface area contributed by atoms with Crippen LogP contribution in [0.3, 0.4) is 0 Å². The zero-order chi connectivity index (χ0) is 17.7. The lowest BCUT2D eigenvalue weighted by Crippen LogP contribution is -2.34. The van der Waals surface area contributed by atoms with Crippen LogP contribution in [0.5, 0.6) is 0 Å². The summed E-state index contributed by atoms with van der Waals surface area (Å²) >= 11 is 0. The second-order valence-electron chi connectivity index (χ2n) is 7.70. The van der Waals surface area contributed by atoms with Gasteiger partial charge in [0.1, 0.15) is 0 Å². The lowest BCUT2D eigenvalue weighted by atomic mass is 9.96. The van der Waals surface area contributed by atoms with E-state index >= 15 is 0 Å². The summed E-state index contributed by atoms with van der Waals surface area (Å²) in [5.74, 6) is 1.46. The number of fused-ring (bicyclic) bond motifs is 2. The molecular formula is C19H25N7. The van der Waals surface area contributed by atoms with Crippen LogP contribution in [-0.2, 0) is 26.4 Å². The van der Waals surface area contributed by atoms with E-state index in [-0.39, 0.29) is 0 Å². The Bertz CT molecular complexity index is 946. The summed E-state index contributed by atoms with van der Waals surface area (Å²) in [6.45, 7) is 5.21. The average molecular weight is 351 g/mol. The van der Waals surface area contributed by atoms with Gasteiger partial charge in [0.2, 0.25) is 0 Å². The molecule has 3 aromatic heterocycles. The Morgan fingerprint density at radius 3 is 2.77 bits per heavy atom. The van der Waals surface area contributed by atoms with Crippen LogP contribution in [0.2, 0.25) is 0 Å². The van der Waals surface area contributed by atoms with Gasteiger partial charge in [0.25, 0.3) is 0 Å². The maximum absolute atomic E-state index is 4.71. The number of aromatic nitrogens is 6. The van der Waals surface area contributed by atoms with Gasteiger partial charge < -0.3 is 0 Å². The van der Waals surface area contributed by atoms with Gasteiger partial charge in [0.15, 0.2) is 11.5 Å². The number of nitrogens with zero attached hydrogens (tertiary/aromatic N) is 7. The number of piperidine rings is 1. The van der Waals surface area contributed by atoms with Crippen molar-refractivity contribution in [2.75, 3.05) is 13.1 Å². The molecule has 5 rings (SSSR count). The minimum atomic E-state index is 0.438. The zero-order valence-electron chi connectivity index (χ0n) is 15.5. The van der Waals surface area contributed by atoms with E-state index in [9.17, 15) is 0 Å². The molecule has 7 nitrogen and oxygen atoms in total. The Morgan fingerprint density at radius 2 is 1.92 bits per heavy atom. The van der Waals surface area contributed by atoms with Crippen LogP contribution in [-0.4, -0.2) is 47.6 Å². The van der Waals surface area contributed by atoms with Gasteiger partial charge in [0.05, 0.1) is 17.1 Å². The molecule has 0 amide bonds. The van der Waals surface area contributed by atoms with Gasteiger partial charge in [-0.05, 0) is 69.8 Å². The van der Waals surface area contributed by atoms with Crippen molar-refractivity contribution in [3.8, 4) is 0 Å². The second-order valence-corrected chi connectivity index (χ2v) is 7.70. The number of aryl methyl sites for hydroxylation is 3. The van der Waals surface area contributed by atoms with Crippen molar-refractivity contribution >= 4 is 5.65 Å². The van der Waals surface area contributed by atoms with Crippen LogP contribution in [0, 0.1) is 6.92 Å². The maximum atomic E-state index is 4.71. The largest absolute Gasteiger partial charge is 0.297 e.